The Hall–Kier alpha value is -2.76. The Kier molecular flexibility index (Phi) is 6.55. The van der Waals surface area contributed by atoms with Gasteiger partial charge in [0.15, 0.2) is 9.84 Å². The van der Waals surface area contributed by atoms with Gasteiger partial charge in [-0.25, -0.2) is 21.6 Å². The molecule has 2 saturated heterocycles. The molecule has 1 atom stereocenters. The van der Waals surface area contributed by atoms with E-state index in [0.29, 0.717) is 11.3 Å². The zero-order chi connectivity index (χ0) is 23.6. The minimum atomic E-state index is -3.98. The largest absolute Gasteiger partial charge is 0.339 e. The van der Waals surface area contributed by atoms with Crippen molar-refractivity contribution in [3.63, 3.8) is 0 Å². The van der Waals surface area contributed by atoms with Crippen LogP contribution in [0.3, 0.4) is 0 Å². The van der Waals surface area contributed by atoms with E-state index in [9.17, 15) is 26.4 Å². The van der Waals surface area contributed by atoms with Gasteiger partial charge >= 0.3 is 0 Å². The van der Waals surface area contributed by atoms with Crippen LogP contribution in [0.4, 0.5) is 5.69 Å². The van der Waals surface area contributed by atoms with Gasteiger partial charge < -0.3 is 10.2 Å². The molecule has 2 aliphatic heterocycles. The number of anilines is 1. The van der Waals surface area contributed by atoms with Crippen LogP contribution < -0.4 is 10.0 Å². The summed E-state index contributed by atoms with van der Waals surface area (Å²) in [6.07, 6.45) is 2.23. The predicted molar refractivity (Wildman–Crippen MR) is 123 cm³/mol. The fraction of sp³-hybridized carbons (Fsp3) is 0.364. The second kappa shape index (κ2) is 9.24. The van der Waals surface area contributed by atoms with Crippen molar-refractivity contribution in [3.05, 3.63) is 59.7 Å². The molecule has 0 saturated carbocycles. The summed E-state index contributed by atoms with van der Waals surface area (Å²) in [5, 5.41) is 2.70. The number of amides is 2. The molecule has 2 amide bonds. The van der Waals surface area contributed by atoms with Crippen molar-refractivity contribution >= 4 is 37.4 Å². The maximum Gasteiger partial charge on any atom is 0.255 e. The first-order valence-electron chi connectivity index (χ1n) is 10.7. The van der Waals surface area contributed by atoms with Crippen LogP contribution in [0.15, 0.2) is 53.4 Å². The van der Waals surface area contributed by atoms with Crippen LogP contribution in [-0.4, -0.2) is 64.2 Å². The first kappa shape index (κ1) is 23.4. The molecule has 9 nitrogen and oxygen atoms in total. The zero-order valence-corrected chi connectivity index (χ0v) is 19.5. The quantitative estimate of drug-likeness (QED) is 0.632. The average Bonchev–Trinajstić information content (AvgIpc) is 3.43. The highest BCUT2D eigenvalue weighted by molar-refractivity contribution is 7.92. The molecular formula is C22H25N3O6S2. The highest BCUT2D eigenvalue weighted by atomic mass is 32.2. The van der Waals surface area contributed by atoms with Gasteiger partial charge in [-0.05, 0) is 61.7 Å². The molecule has 0 aliphatic carbocycles. The number of nitrogens with one attached hydrogen (secondary N) is 2. The lowest BCUT2D eigenvalue weighted by Gasteiger charge is -2.15. The molecule has 0 spiro atoms. The average molecular weight is 492 g/mol. The Labute approximate surface area is 193 Å². The zero-order valence-electron chi connectivity index (χ0n) is 17.9. The minimum Gasteiger partial charge on any atom is -0.339 e. The van der Waals surface area contributed by atoms with Crippen LogP contribution >= 0.6 is 0 Å². The van der Waals surface area contributed by atoms with Gasteiger partial charge in [-0.2, -0.15) is 0 Å². The van der Waals surface area contributed by atoms with Gasteiger partial charge in [-0.15, -0.1) is 0 Å². The van der Waals surface area contributed by atoms with Crippen molar-refractivity contribution in [1.29, 1.82) is 0 Å². The number of likely N-dealkylation sites (tertiary alicyclic amines) is 1. The number of sulfone groups is 1. The molecule has 176 valence electrons. The SMILES string of the molecule is O=C(Nc1ccc(C(=O)N2CCCC2)cc1)c1cccc(S(=O)(=O)NC2CCS(=O)(=O)C2)c1. The number of carbonyl (C=O) groups excluding carboxylic acids is 2. The summed E-state index contributed by atoms with van der Waals surface area (Å²) in [4.78, 5) is 26.8. The molecule has 4 rings (SSSR count). The molecule has 11 heteroatoms. The standard InChI is InChI=1S/C22H25N3O6S2/c26-21(23-18-8-6-16(7-9-18)22(27)25-11-1-2-12-25)17-4-3-5-20(14-17)33(30,31)24-19-10-13-32(28,29)15-19/h3-9,14,19,24H,1-2,10-13,15H2,(H,23,26). The first-order chi connectivity index (χ1) is 15.6. The Bertz CT molecular complexity index is 1270. The molecule has 2 aliphatic rings. The van der Waals surface area contributed by atoms with E-state index in [4.69, 9.17) is 0 Å². The van der Waals surface area contributed by atoms with E-state index >= 15 is 0 Å². The highest BCUT2D eigenvalue weighted by Crippen LogP contribution is 2.19. The van der Waals surface area contributed by atoms with Crippen LogP contribution in [0.5, 0.6) is 0 Å². The van der Waals surface area contributed by atoms with Gasteiger partial charge in [-0.1, -0.05) is 6.07 Å². The molecule has 2 aromatic rings. The number of hydrogen-bond donors (Lipinski definition) is 2. The van der Waals surface area contributed by atoms with Crippen molar-refractivity contribution in [3.8, 4) is 0 Å². The summed E-state index contributed by atoms with van der Waals surface area (Å²) in [6.45, 7) is 1.50. The summed E-state index contributed by atoms with van der Waals surface area (Å²) in [7, 11) is -7.22. The number of sulfonamides is 1. The third-order valence-corrected chi connectivity index (χ3v) is 9.03. The number of rotatable bonds is 6. The van der Waals surface area contributed by atoms with Crippen molar-refractivity contribution in [1.82, 2.24) is 9.62 Å². The van der Waals surface area contributed by atoms with Crippen LogP contribution in [0.25, 0.3) is 0 Å². The lowest BCUT2D eigenvalue weighted by atomic mass is 10.1. The molecule has 2 N–H and O–H groups in total. The number of nitrogens with zero attached hydrogens (tertiary/aromatic N) is 1. The first-order valence-corrected chi connectivity index (χ1v) is 14.0. The molecule has 2 heterocycles. The number of benzene rings is 2. The predicted octanol–water partition coefficient (Wildman–Crippen LogP) is 1.64. The summed E-state index contributed by atoms with van der Waals surface area (Å²) in [6, 6.07) is 11.4. The third kappa shape index (κ3) is 5.60. The highest BCUT2D eigenvalue weighted by Gasteiger charge is 2.31. The monoisotopic (exact) mass is 491 g/mol. The molecule has 2 aromatic carbocycles. The minimum absolute atomic E-state index is 0.0363. The summed E-state index contributed by atoms with van der Waals surface area (Å²) in [5.74, 6) is -0.826. The fourth-order valence-corrected chi connectivity index (χ4v) is 7.08. The number of hydrogen-bond acceptors (Lipinski definition) is 6. The molecule has 33 heavy (non-hydrogen) atoms. The Morgan fingerprint density at radius 2 is 1.67 bits per heavy atom. The molecule has 0 radical (unpaired) electrons. The van der Waals surface area contributed by atoms with Gasteiger partial charge in [0.05, 0.1) is 16.4 Å². The fourth-order valence-electron chi connectivity index (χ4n) is 3.98. The van der Waals surface area contributed by atoms with Crippen LogP contribution in [0.1, 0.15) is 40.0 Å². The van der Waals surface area contributed by atoms with Crippen molar-refractivity contribution in [2.45, 2.75) is 30.2 Å². The Balaban J connectivity index is 1.42. The van der Waals surface area contributed by atoms with E-state index in [1.165, 1.54) is 24.3 Å². The molecular weight excluding hydrogens is 466 g/mol. The molecule has 1 unspecified atom stereocenters. The summed E-state index contributed by atoms with van der Waals surface area (Å²) >= 11 is 0. The van der Waals surface area contributed by atoms with Gasteiger partial charge in [0.25, 0.3) is 11.8 Å². The van der Waals surface area contributed by atoms with Crippen molar-refractivity contribution in [2.24, 2.45) is 0 Å². The molecule has 0 bridgehead atoms. The normalized spacial score (nSPS) is 20.0. The van der Waals surface area contributed by atoms with E-state index in [2.05, 4.69) is 10.0 Å². The smallest absolute Gasteiger partial charge is 0.255 e. The number of carbonyl (C=O) groups is 2. The van der Waals surface area contributed by atoms with Gasteiger partial charge in [0, 0.05) is 35.9 Å². The van der Waals surface area contributed by atoms with Crippen LogP contribution in [0, 0.1) is 0 Å². The van der Waals surface area contributed by atoms with Crippen molar-refractivity contribution in [2.75, 3.05) is 29.9 Å². The summed E-state index contributed by atoms with van der Waals surface area (Å²) in [5.41, 5.74) is 1.15. The lowest BCUT2D eigenvalue weighted by molar-refractivity contribution is 0.0792. The molecule has 0 aromatic heterocycles. The second-order valence-corrected chi connectivity index (χ2v) is 12.2. The Morgan fingerprint density at radius 3 is 2.30 bits per heavy atom. The van der Waals surface area contributed by atoms with Crippen LogP contribution in [0.2, 0.25) is 0 Å². The van der Waals surface area contributed by atoms with Gasteiger partial charge in [0.2, 0.25) is 10.0 Å². The van der Waals surface area contributed by atoms with Gasteiger partial charge in [-0.3, -0.25) is 9.59 Å². The van der Waals surface area contributed by atoms with E-state index in [-0.39, 0.29) is 34.3 Å². The van der Waals surface area contributed by atoms with E-state index in [1.807, 2.05) is 0 Å². The topological polar surface area (TPSA) is 130 Å². The van der Waals surface area contributed by atoms with E-state index < -0.39 is 31.8 Å². The van der Waals surface area contributed by atoms with Gasteiger partial charge in [0.1, 0.15) is 0 Å². The maximum atomic E-state index is 12.7. The second-order valence-electron chi connectivity index (χ2n) is 8.28. The maximum absolute atomic E-state index is 12.7. The Morgan fingerprint density at radius 1 is 0.970 bits per heavy atom. The van der Waals surface area contributed by atoms with E-state index in [0.717, 1.165) is 25.9 Å². The van der Waals surface area contributed by atoms with E-state index in [1.54, 1.807) is 29.2 Å². The lowest BCUT2D eigenvalue weighted by Crippen LogP contribution is -2.35. The van der Waals surface area contributed by atoms with Crippen LogP contribution in [-0.2, 0) is 19.9 Å². The van der Waals surface area contributed by atoms with Crippen molar-refractivity contribution < 1.29 is 26.4 Å². The molecule has 2 fully saturated rings. The summed E-state index contributed by atoms with van der Waals surface area (Å²) < 4.78 is 50.9. The third-order valence-electron chi connectivity index (χ3n) is 5.74.